The summed E-state index contributed by atoms with van der Waals surface area (Å²) in [5.41, 5.74) is 2.02. The van der Waals surface area contributed by atoms with Crippen molar-refractivity contribution in [3.8, 4) is 5.82 Å². The molecule has 120 valence electrons. The van der Waals surface area contributed by atoms with Crippen molar-refractivity contribution in [3.05, 3.63) is 78.5 Å². The number of carbonyl (C=O) groups is 1. The number of nitrogens with zero attached hydrogens (tertiary/aromatic N) is 3. The van der Waals surface area contributed by atoms with E-state index in [9.17, 15) is 4.79 Å². The second-order valence-electron chi connectivity index (χ2n) is 6.20. The van der Waals surface area contributed by atoms with E-state index in [2.05, 4.69) is 39.6 Å². The number of amides is 1. The summed E-state index contributed by atoms with van der Waals surface area (Å²) < 4.78 is 1.78. The minimum Gasteiger partial charge on any atom is -0.351 e. The van der Waals surface area contributed by atoms with Crippen LogP contribution in [0.3, 0.4) is 0 Å². The number of carbonyl (C=O) groups excluding carboxylic acids is 1. The molecule has 0 radical (unpaired) electrons. The highest BCUT2D eigenvalue weighted by molar-refractivity contribution is 5.94. The number of pyridine rings is 1. The molecule has 0 atom stereocenters. The maximum Gasteiger partial charge on any atom is 0.251 e. The van der Waals surface area contributed by atoms with Gasteiger partial charge in [0.25, 0.3) is 5.91 Å². The molecule has 0 saturated heterocycles. The van der Waals surface area contributed by atoms with E-state index in [1.54, 1.807) is 41.6 Å². The molecule has 3 aromatic rings. The zero-order chi connectivity index (χ0) is 16.4. The van der Waals surface area contributed by atoms with Gasteiger partial charge in [0, 0.05) is 36.1 Å². The molecule has 0 aliphatic heterocycles. The summed E-state index contributed by atoms with van der Waals surface area (Å²) in [5.74, 6) is 0.616. The number of aromatic nitrogens is 3. The number of rotatable bonds is 5. The van der Waals surface area contributed by atoms with Gasteiger partial charge in [-0.05, 0) is 30.5 Å². The summed E-state index contributed by atoms with van der Waals surface area (Å²) in [4.78, 5) is 20.8. The number of benzene rings is 1. The highest BCUT2D eigenvalue weighted by atomic mass is 16.1. The fraction of sp³-hybridized carbons (Fsp3) is 0.211. The molecule has 1 aliphatic rings. The van der Waals surface area contributed by atoms with Crippen LogP contribution in [0.5, 0.6) is 0 Å². The molecule has 5 heteroatoms. The molecule has 0 spiro atoms. The Morgan fingerprint density at radius 3 is 2.71 bits per heavy atom. The van der Waals surface area contributed by atoms with Crippen LogP contribution in [0, 0.1) is 0 Å². The fourth-order valence-electron chi connectivity index (χ4n) is 2.96. The molecule has 24 heavy (non-hydrogen) atoms. The lowest BCUT2D eigenvalue weighted by Gasteiger charge is -2.16. The molecular formula is C19H18N4O. The minimum absolute atomic E-state index is 0.0685. The van der Waals surface area contributed by atoms with Gasteiger partial charge in [0.2, 0.25) is 0 Å². The number of imidazole rings is 1. The van der Waals surface area contributed by atoms with Crippen LogP contribution in [0.2, 0.25) is 0 Å². The van der Waals surface area contributed by atoms with Gasteiger partial charge in [-0.25, -0.2) is 9.97 Å². The summed E-state index contributed by atoms with van der Waals surface area (Å²) in [5, 5.41) is 3.08. The normalized spacial score (nSPS) is 15.0. The first-order valence-corrected chi connectivity index (χ1v) is 8.05. The summed E-state index contributed by atoms with van der Waals surface area (Å²) in [7, 11) is 0. The van der Waals surface area contributed by atoms with Gasteiger partial charge in [0.05, 0.1) is 0 Å². The molecule has 2 aromatic heterocycles. The van der Waals surface area contributed by atoms with Gasteiger partial charge in [-0.3, -0.25) is 9.36 Å². The first-order valence-electron chi connectivity index (χ1n) is 8.05. The van der Waals surface area contributed by atoms with Crippen LogP contribution < -0.4 is 5.32 Å². The third kappa shape index (κ3) is 2.80. The maximum atomic E-state index is 12.5. The van der Waals surface area contributed by atoms with Crippen LogP contribution in [0.4, 0.5) is 0 Å². The minimum atomic E-state index is -0.0685. The van der Waals surface area contributed by atoms with Gasteiger partial charge in [-0.1, -0.05) is 30.3 Å². The van der Waals surface area contributed by atoms with Crippen molar-refractivity contribution < 1.29 is 4.79 Å². The average molecular weight is 318 g/mol. The SMILES string of the molecule is O=C(NCC1(c2ccccc2)CC1)c1ccnc(-n2ccnc2)c1. The Bertz CT molecular complexity index is 839. The molecule has 1 aromatic carbocycles. The van der Waals surface area contributed by atoms with Crippen molar-refractivity contribution in [2.75, 3.05) is 6.54 Å². The van der Waals surface area contributed by atoms with Gasteiger partial charge in [0.1, 0.15) is 12.1 Å². The Hall–Kier alpha value is -2.95. The van der Waals surface area contributed by atoms with E-state index >= 15 is 0 Å². The van der Waals surface area contributed by atoms with E-state index in [4.69, 9.17) is 0 Å². The zero-order valence-corrected chi connectivity index (χ0v) is 13.2. The molecule has 1 N–H and O–H groups in total. The highest BCUT2D eigenvalue weighted by Crippen LogP contribution is 2.47. The third-order valence-electron chi connectivity index (χ3n) is 4.60. The summed E-state index contributed by atoms with van der Waals surface area (Å²) in [6.45, 7) is 0.665. The predicted molar refractivity (Wildman–Crippen MR) is 91.0 cm³/mol. The van der Waals surface area contributed by atoms with Gasteiger partial charge in [0.15, 0.2) is 0 Å². The zero-order valence-electron chi connectivity index (χ0n) is 13.2. The van der Waals surface area contributed by atoms with Crippen molar-refractivity contribution in [3.63, 3.8) is 0 Å². The Labute approximate surface area is 140 Å². The molecule has 4 rings (SSSR count). The van der Waals surface area contributed by atoms with Crippen LogP contribution in [-0.4, -0.2) is 27.0 Å². The van der Waals surface area contributed by atoms with E-state index in [0.717, 1.165) is 12.8 Å². The number of hydrogen-bond acceptors (Lipinski definition) is 3. The maximum absolute atomic E-state index is 12.5. The topological polar surface area (TPSA) is 59.8 Å². The second kappa shape index (κ2) is 5.92. The molecule has 1 saturated carbocycles. The molecule has 0 unspecified atom stereocenters. The standard InChI is InChI=1S/C19H18N4O/c24-18(15-6-9-21-17(12-15)23-11-10-20-14-23)22-13-19(7-8-19)16-4-2-1-3-5-16/h1-6,9-12,14H,7-8,13H2,(H,22,24). The summed E-state index contributed by atoms with van der Waals surface area (Å²) >= 11 is 0. The van der Waals surface area contributed by atoms with Crippen molar-refractivity contribution in [2.45, 2.75) is 18.3 Å². The van der Waals surface area contributed by atoms with Crippen molar-refractivity contribution >= 4 is 5.91 Å². The molecule has 1 fully saturated rings. The van der Waals surface area contributed by atoms with E-state index < -0.39 is 0 Å². The number of hydrogen-bond donors (Lipinski definition) is 1. The van der Waals surface area contributed by atoms with Crippen LogP contribution in [0.15, 0.2) is 67.4 Å². The number of nitrogens with one attached hydrogen (secondary N) is 1. The van der Waals surface area contributed by atoms with Gasteiger partial charge >= 0.3 is 0 Å². The lowest BCUT2D eigenvalue weighted by atomic mass is 9.96. The largest absolute Gasteiger partial charge is 0.351 e. The molecule has 5 nitrogen and oxygen atoms in total. The van der Waals surface area contributed by atoms with Crippen LogP contribution in [-0.2, 0) is 5.41 Å². The van der Waals surface area contributed by atoms with E-state index in [0.29, 0.717) is 17.9 Å². The monoisotopic (exact) mass is 318 g/mol. The van der Waals surface area contributed by atoms with Crippen LogP contribution in [0.1, 0.15) is 28.8 Å². The molecule has 2 heterocycles. The lowest BCUT2D eigenvalue weighted by molar-refractivity contribution is 0.0949. The quantitative estimate of drug-likeness (QED) is 0.787. The van der Waals surface area contributed by atoms with Gasteiger partial charge in [-0.15, -0.1) is 0 Å². The highest BCUT2D eigenvalue weighted by Gasteiger charge is 2.44. The fourth-order valence-corrected chi connectivity index (χ4v) is 2.96. The van der Waals surface area contributed by atoms with Crippen LogP contribution >= 0.6 is 0 Å². The second-order valence-corrected chi connectivity index (χ2v) is 6.20. The molecular weight excluding hydrogens is 300 g/mol. The predicted octanol–water partition coefficient (Wildman–Crippen LogP) is 2.73. The lowest BCUT2D eigenvalue weighted by Crippen LogP contribution is -2.32. The Balaban J connectivity index is 1.47. The van der Waals surface area contributed by atoms with Crippen molar-refractivity contribution in [2.24, 2.45) is 0 Å². The average Bonchev–Trinajstić information content (AvgIpc) is 3.24. The first kappa shape index (κ1) is 14.6. The summed E-state index contributed by atoms with van der Waals surface area (Å²) in [6, 6.07) is 13.9. The van der Waals surface area contributed by atoms with E-state index in [1.807, 2.05) is 6.07 Å². The molecule has 1 aliphatic carbocycles. The molecule has 0 bridgehead atoms. The van der Waals surface area contributed by atoms with Crippen molar-refractivity contribution in [1.29, 1.82) is 0 Å². The summed E-state index contributed by atoms with van der Waals surface area (Å²) in [6.07, 6.45) is 9.04. The van der Waals surface area contributed by atoms with Crippen molar-refractivity contribution in [1.82, 2.24) is 19.9 Å². The Morgan fingerprint density at radius 1 is 1.17 bits per heavy atom. The van der Waals surface area contributed by atoms with E-state index in [-0.39, 0.29) is 11.3 Å². The van der Waals surface area contributed by atoms with Gasteiger partial charge < -0.3 is 5.32 Å². The third-order valence-corrected chi connectivity index (χ3v) is 4.60. The molecule has 1 amide bonds. The Morgan fingerprint density at radius 2 is 2.00 bits per heavy atom. The van der Waals surface area contributed by atoms with Crippen LogP contribution in [0.25, 0.3) is 5.82 Å². The Kier molecular flexibility index (Phi) is 3.61. The van der Waals surface area contributed by atoms with E-state index in [1.165, 1.54) is 5.56 Å². The smallest absolute Gasteiger partial charge is 0.251 e. The first-order chi connectivity index (χ1) is 11.8. The van der Waals surface area contributed by atoms with Gasteiger partial charge in [-0.2, -0.15) is 0 Å².